The number of hydrogen-bond donors (Lipinski definition) is 1. The van der Waals surface area contributed by atoms with E-state index < -0.39 is 0 Å². The number of anilines is 1. The van der Waals surface area contributed by atoms with Gasteiger partial charge in [0.2, 0.25) is 0 Å². The van der Waals surface area contributed by atoms with Crippen molar-refractivity contribution in [1.29, 1.82) is 0 Å². The number of methoxy groups -OCH3 is 3. The largest absolute Gasteiger partial charge is 0.497 e. The van der Waals surface area contributed by atoms with E-state index >= 15 is 0 Å². The molecule has 0 bridgehead atoms. The molecule has 0 spiro atoms. The molecule has 6 heteroatoms. The molecule has 0 atom stereocenters. The van der Waals surface area contributed by atoms with Crippen LogP contribution in [0, 0.1) is 0 Å². The van der Waals surface area contributed by atoms with E-state index in [1.807, 2.05) is 18.2 Å². The van der Waals surface area contributed by atoms with Gasteiger partial charge in [-0.15, -0.1) is 0 Å². The van der Waals surface area contributed by atoms with Crippen molar-refractivity contribution >= 4 is 5.69 Å². The summed E-state index contributed by atoms with van der Waals surface area (Å²) in [5, 5.41) is 3.26. The number of ether oxygens (including phenoxy) is 5. The summed E-state index contributed by atoms with van der Waals surface area (Å²) in [7, 11) is 4.93. The average Bonchev–Trinajstić information content (AvgIpc) is 2.53. The monoisotopic (exact) mass is 299 g/mol. The van der Waals surface area contributed by atoms with Gasteiger partial charge in [-0.3, -0.25) is 0 Å². The first-order chi connectivity index (χ1) is 10.3. The zero-order valence-electron chi connectivity index (χ0n) is 13.0. The molecule has 1 rings (SSSR count). The molecule has 120 valence electrons. The van der Waals surface area contributed by atoms with E-state index in [4.69, 9.17) is 23.7 Å². The van der Waals surface area contributed by atoms with Crippen LogP contribution in [0.4, 0.5) is 5.69 Å². The predicted molar refractivity (Wildman–Crippen MR) is 81.5 cm³/mol. The molecule has 0 fully saturated rings. The summed E-state index contributed by atoms with van der Waals surface area (Å²) in [6.07, 6.45) is 0. The van der Waals surface area contributed by atoms with Crippen LogP contribution in [0.25, 0.3) is 0 Å². The Labute approximate surface area is 126 Å². The third-order valence-electron chi connectivity index (χ3n) is 2.77. The minimum Gasteiger partial charge on any atom is -0.497 e. The molecule has 0 saturated heterocycles. The Balaban J connectivity index is 2.17. The highest BCUT2D eigenvalue weighted by Gasteiger charge is 2.04. The summed E-state index contributed by atoms with van der Waals surface area (Å²) in [5.74, 6) is 1.56. The fourth-order valence-electron chi connectivity index (χ4n) is 1.67. The van der Waals surface area contributed by atoms with Gasteiger partial charge in [-0.25, -0.2) is 0 Å². The van der Waals surface area contributed by atoms with E-state index in [0.29, 0.717) is 39.6 Å². The van der Waals surface area contributed by atoms with E-state index in [0.717, 1.165) is 17.2 Å². The van der Waals surface area contributed by atoms with Crippen molar-refractivity contribution in [1.82, 2.24) is 0 Å². The van der Waals surface area contributed by atoms with Crippen molar-refractivity contribution in [3.05, 3.63) is 18.2 Å². The van der Waals surface area contributed by atoms with E-state index in [2.05, 4.69) is 5.32 Å². The zero-order valence-corrected chi connectivity index (χ0v) is 13.0. The normalized spacial score (nSPS) is 10.4. The molecular formula is C15H25NO5. The summed E-state index contributed by atoms with van der Waals surface area (Å²) >= 11 is 0. The third kappa shape index (κ3) is 7.17. The number of benzene rings is 1. The Morgan fingerprint density at radius 1 is 0.857 bits per heavy atom. The second-order valence-electron chi connectivity index (χ2n) is 4.21. The highest BCUT2D eigenvalue weighted by molar-refractivity contribution is 5.59. The smallest absolute Gasteiger partial charge is 0.142 e. The number of hydrogen-bond acceptors (Lipinski definition) is 6. The van der Waals surface area contributed by atoms with Crippen LogP contribution in [-0.4, -0.2) is 60.9 Å². The lowest BCUT2D eigenvalue weighted by Crippen LogP contribution is -2.14. The Hall–Kier alpha value is -1.50. The Bertz CT molecular complexity index is 386. The van der Waals surface area contributed by atoms with Crippen LogP contribution in [0.2, 0.25) is 0 Å². The van der Waals surface area contributed by atoms with Crippen molar-refractivity contribution in [2.45, 2.75) is 0 Å². The molecule has 1 aromatic carbocycles. The van der Waals surface area contributed by atoms with Crippen LogP contribution in [0.1, 0.15) is 0 Å². The summed E-state index contributed by atoms with van der Waals surface area (Å²) < 4.78 is 26.1. The van der Waals surface area contributed by atoms with Crippen molar-refractivity contribution in [2.75, 3.05) is 66.2 Å². The lowest BCUT2D eigenvalue weighted by Gasteiger charge is -2.12. The maximum absolute atomic E-state index is 5.47. The van der Waals surface area contributed by atoms with Gasteiger partial charge >= 0.3 is 0 Å². The predicted octanol–water partition coefficient (Wildman–Crippen LogP) is 1.80. The van der Waals surface area contributed by atoms with Gasteiger partial charge in [0, 0.05) is 19.7 Å². The van der Waals surface area contributed by atoms with Crippen LogP contribution in [-0.2, 0) is 14.2 Å². The van der Waals surface area contributed by atoms with Crippen LogP contribution < -0.4 is 14.8 Å². The molecule has 0 amide bonds. The highest BCUT2D eigenvalue weighted by atomic mass is 16.5. The third-order valence-corrected chi connectivity index (χ3v) is 2.77. The molecule has 0 heterocycles. The lowest BCUT2D eigenvalue weighted by atomic mass is 10.2. The second kappa shape index (κ2) is 11.2. The topological polar surface area (TPSA) is 58.2 Å². The summed E-state index contributed by atoms with van der Waals surface area (Å²) in [5.41, 5.74) is 0.886. The van der Waals surface area contributed by atoms with Crippen LogP contribution >= 0.6 is 0 Å². The lowest BCUT2D eigenvalue weighted by molar-refractivity contribution is 0.0272. The van der Waals surface area contributed by atoms with Crippen molar-refractivity contribution in [2.24, 2.45) is 0 Å². The minimum atomic E-state index is 0.570. The van der Waals surface area contributed by atoms with Crippen LogP contribution in [0.3, 0.4) is 0 Å². The van der Waals surface area contributed by atoms with Crippen LogP contribution in [0.5, 0.6) is 11.5 Å². The second-order valence-corrected chi connectivity index (χ2v) is 4.21. The summed E-state index contributed by atoms with van der Waals surface area (Å²) in [6.45, 7) is 3.62. The molecule has 0 radical (unpaired) electrons. The van der Waals surface area contributed by atoms with Gasteiger partial charge in [-0.05, 0) is 12.1 Å². The standard InChI is InChI=1S/C15H25NO5/c1-17-8-9-21-11-10-20-7-6-16-14-12-13(18-2)4-5-15(14)19-3/h4-5,12,16H,6-11H2,1-3H3. The molecule has 0 aliphatic rings. The van der Waals surface area contributed by atoms with Crippen LogP contribution in [0.15, 0.2) is 18.2 Å². The summed E-state index contributed by atoms with van der Waals surface area (Å²) in [6, 6.07) is 5.62. The van der Waals surface area contributed by atoms with E-state index in [1.165, 1.54) is 0 Å². The SMILES string of the molecule is COCCOCCOCCNc1cc(OC)ccc1OC. The van der Waals surface area contributed by atoms with Crippen molar-refractivity contribution < 1.29 is 23.7 Å². The quantitative estimate of drug-likeness (QED) is 0.594. The van der Waals surface area contributed by atoms with Gasteiger partial charge in [0.15, 0.2) is 0 Å². The van der Waals surface area contributed by atoms with Gasteiger partial charge in [-0.1, -0.05) is 0 Å². The summed E-state index contributed by atoms with van der Waals surface area (Å²) in [4.78, 5) is 0. The molecule has 0 unspecified atom stereocenters. The zero-order chi connectivity index (χ0) is 15.3. The van der Waals surface area contributed by atoms with Crippen molar-refractivity contribution in [3.8, 4) is 11.5 Å². The van der Waals surface area contributed by atoms with Gasteiger partial charge in [0.25, 0.3) is 0 Å². The number of rotatable bonds is 12. The van der Waals surface area contributed by atoms with E-state index in [9.17, 15) is 0 Å². The van der Waals surface area contributed by atoms with E-state index in [-0.39, 0.29) is 0 Å². The Morgan fingerprint density at radius 3 is 2.24 bits per heavy atom. The van der Waals surface area contributed by atoms with Gasteiger partial charge in [-0.2, -0.15) is 0 Å². The maximum atomic E-state index is 5.47. The first-order valence-electron chi connectivity index (χ1n) is 6.92. The molecule has 0 aliphatic carbocycles. The average molecular weight is 299 g/mol. The highest BCUT2D eigenvalue weighted by Crippen LogP contribution is 2.28. The van der Waals surface area contributed by atoms with Gasteiger partial charge in [0.1, 0.15) is 11.5 Å². The maximum Gasteiger partial charge on any atom is 0.142 e. The fraction of sp³-hybridized carbons (Fsp3) is 0.600. The van der Waals surface area contributed by atoms with Gasteiger partial charge in [0.05, 0.1) is 52.9 Å². The van der Waals surface area contributed by atoms with Crippen molar-refractivity contribution in [3.63, 3.8) is 0 Å². The molecule has 6 nitrogen and oxygen atoms in total. The molecule has 1 N–H and O–H groups in total. The van der Waals surface area contributed by atoms with E-state index in [1.54, 1.807) is 21.3 Å². The molecule has 0 aliphatic heterocycles. The minimum absolute atomic E-state index is 0.570. The number of nitrogens with one attached hydrogen (secondary N) is 1. The first-order valence-corrected chi connectivity index (χ1v) is 6.92. The van der Waals surface area contributed by atoms with Gasteiger partial charge < -0.3 is 29.0 Å². The molecule has 0 aromatic heterocycles. The Kier molecular flexibility index (Phi) is 9.35. The molecule has 21 heavy (non-hydrogen) atoms. The molecular weight excluding hydrogens is 274 g/mol. The molecule has 1 aromatic rings. The molecule has 0 saturated carbocycles. The first kappa shape index (κ1) is 17.6. The Morgan fingerprint density at radius 2 is 1.57 bits per heavy atom. The fourth-order valence-corrected chi connectivity index (χ4v) is 1.67.